The van der Waals surface area contributed by atoms with Gasteiger partial charge in [-0.1, -0.05) is 39.5 Å². The normalized spacial score (nSPS) is 13.8. The Bertz CT molecular complexity index is 208. The first-order chi connectivity index (χ1) is 7.78. The maximum atomic E-state index is 8.98. The molecule has 16 heavy (non-hydrogen) atoms. The van der Waals surface area contributed by atoms with Gasteiger partial charge in [-0.2, -0.15) is 10.5 Å². The predicted molar refractivity (Wildman–Crippen MR) is 66.5 cm³/mol. The molecule has 0 bridgehead atoms. The number of unbranched alkanes of at least 4 members (excludes halogenated alkanes) is 2. The quantitative estimate of drug-likeness (QED) is 0.577. The lowest BCUT2D eigenvalue weighted by Crippen LogP contribution is -2.03. The van der Waals surface area contributed by atoms with Gasteiger partial charge in [-0.25, -0.2) is 0 Å². The molecule has 0 fully saturated rings. The maximum absolute atomic E-state index is 8.98. The van der Waals surface area contributed by atoms with E-state index >= 15 is 0 Å². The van der Waals surface area contributed by atoms with Crippen LogP contribution in [0.3, 0.4) is 0 Å². The summed E-state index contributed by atoms with van der Waals surface area (Å²) >= 11 is 0. The fourth-order valence-electron chi connectivity index (χ4n) is 1.85. The molecule has 0 aliphatic heterocycles. The molecular formula is C14H24N2. The Morgan fingerprint density at radius 3 is 1.38 bits per heavy atom. The first kappa shape index (κ1) is 15.0. The molecule has 0 amide bonds. The second-order valence-electron chi connectivity index (χ2n) is 4.51. The van der Waals surface area contributed by atoms with Crippen molar-refractivity contribution in [3.8, 4) is 12.1 Å². The average molecular weight is 220 g/mol. The zero-order valence-corrected chi connectivity index (χ0v) is 10.7. The van der Waals surface area contributed by atoms with E-state index < -0.39 is 0 Å². The van der Waals surface area contributed by atoms with Crippen LogP contribution in [0.2, 0.25) is 0 Å². The van der Waals surface area contributed by atoms with E-state index in [9.17, 15) is 0 Å². The highest BCUT2D eigenvalue weighted by Crippen LogP contribution is 2.20. The van der Waals surface area contributed by atoms with Crippen LogP contribution < -0.4 is 0 Å². The molecule has 2 atom stereocenters. The predicted octanol–water partition coefficient (Wildman–Crippen LogP) is 4.43. The standard InChI is InChI=1S/C14H24N2/c1-3-5-7-13(11-15)9-10-14(12-16)8-6-4-2/h13-14H,3-10H2,1-2H3. The molecule has 0 aromatic rings. The summed E-state index contributed by atoms with van der Waals surface area (Å²) < 4.78 is 0. The second kappa shape index (κ2) is 10.5. The molecule has 0 aromatic heterocycles. The highest BCUT2D eigenvalue weighted by atomic mass is 14.3. The van der Waals surface area contributed by atoms with Gasteiger partial charge in [-0.05, 0) is 25.7 Å². The van der Waals surface area contributed by atoms with Crippen LogP contribution >= 0.6 is 0 Å². The molecule has 0 aliphatic rings. The van der Waals surface area contributed by atoms with Crippen molar-refractivity contribution in [3.63, 3.8) is 0 Å². The van der Waals surface area contributed by atoms with Crippen molar-refractivity contribution in [2.45, 2.75) is 65.2 Å². The summed E-state index contributed by atoms with van der Waals surface area (Å²) in [5, 5.41) is 18.0. The van der Waals surface area contributed by atoms with E-state index in [-0.39, 0.29) is 11.8 Å². The summed E-state index contributed by atoms with van der Waals surface area (Å²) in [5.41, 5.74) is 0. The third kappa shape index (κ3) is 7.30. The summed E-state index contributed by atoms with van der Waals surface area (Å²) in [6.45, 7) is 4.29. The fourth-order valence-corrected chi connectivity index (χ4v) is 1.85. The van der Waals surface area contributed by atoms with E-state index in [0.717, 1.165) is 51.4 Å². The van der Waals surface area contributed by atoms with Crippen molar-refractivity contribution >= 4 is 0 Å². The molecule has 0 radical (unpaired) electrons. The third-order valence-electron chi connectivity index (χ3n) is 3.04. The maximum Gasteiger partial charge on any atom is 0.0655 e. The van der Waals surface area contributed by atoms with Gasteiger partial charge in [0.15, 0.2) is 0 Å². The smallest absolute Gasteiger partial charge is 0.0655 e. The third-order valence-corrected chi connectivity index (χ3v) is 3.04. The van der Waals surface area contributed by atoms with Crippen molar-refractivity contribution in [1.82, 2.24) is 0 Å². The van der Waals surface area contributed by atoms with Crippen LogP contribution in [0.1, 0.15) is 65.2 Å². The van der Waals surface area contributed by atoms with E-state index in [1.54, 1.807) is 0 Å². The van der Waals surface area contributed by atoms with Crippen LogP contribution in [0.25, 0.3) is 0 Å². The molecule has 0 saturated carbocycles. The minimum atomic E-state index is 0.164. The molecule has 0 N–H and O–H groups in total. The first-order valence-corrected chi connectivity index (χ1v) is 6.57. The SMILES string of the molecule is CCCCC(C#N)CCC(C#N)CCCC. The van der Waals surface area contributed by atoms with Gasteiger partial charge < -0.3 is 0 Å². The molecule has 0 rings (SSSR count). The fraction of sp³-hybridized carbons (Fsp3) is 0.857. The van der Waals surface area contributed by atoms with E-state index in [1.165, 1.54) is 0 Å². The lowest BCUT2D eigenvalue weighted by atomic mass is 9.91. The summed E-state index contributed by atoms with van der Waals surface area (Å²) in [6.07, 6.45) is 8.36. The van der Waals surface area contributed by atoms with Crippen LogP contribution in [-0.4, -0.2) is 0 Å². The number of nitriles is 2. The molecule has 0 saturated heterocycles. The first-order valence-electron chi connectivity index (χ1n) is 6.57. The van der Waals surface area contributed by atoms with Crippen LogP contribution in [-0.2, 0) is 0 Å². The Kier molecular flexibility index (Phi) is 9.83. The minimum absolute atomic E-state index is 0.164. The van der Waals surface area contributed by atoms with Crippen LogP contribution in [0.4, 0.5) is 0 Å². The van der Waals surface area contributed by atoms with Crippen LogP contribution in [0.15, 0.2) is 0 Å². The van der Waals surface area contributed by atoms with Crippen LogP contribution in [0, 0.1) is 34.5 Å². The van der Waals surface area contributed by atoms with Gasteiger partial charge in [0.05, 0.1) is 12.1 Å². The molecule has 90 valence electrons. The van der Waals surface area contributed by atoms with E-state index in [4.69, 9.17) is 10.5 Å². The number of hydrogen-bond donors (Lipinski definition) is 0. The van der Waals surface area contributed by atoms with E-state index in [2.05, 4.69) is 26.0 Å². The van der Waals surface area contributed by atoms with Crippen LogP contribution in [0.5, 0.6) is 0 Å². The minimum Gasteiger partial charge on any atom is -0.198 e. The summed E-state index contributed by atoms with van der Waals surface area (Å²) in [7, 11) is 0. The number of rotatable bonds is 9. The van der Waals surface area contributed by atoms with Gasteiger partial charge in [0.2, 0.25) is 0 Å². The van der Waals surface area contributed by atoms with Crippen molar-refractivity contribution in [2.24, 2.45) is 11.8 Å². The van der Waals surface area contributed by atoms with Crippen molar-refractivity contribution < 1.29 is 0 Å². The lowest BCUT2D eigenvalue weighted by Gasteiger charge is -2.11. The van der Waals surface area contributed by atoms with Gasteiger partial charge in [-0.3, -0.25) is 0 Å². The molecule has 0 aromatic carbocycles. The van der Waals surface area contributed by atoms with E-state index in [1.807, 2.05) is 0 Å². The highest BCUT2D eigenvalue weighted by Gasteiger charge is 2.12. The molecule has 0 spiro atoms. The Morgan fingerprint density at radius 1 is 0.750 bits per heavy atom. The zero-order valence-electron chi connectivity index (χ0n) is 10.7. The molecule has 2 unspecified atom stereocenters. The van der Waals surface area contributed by atoms with Gasteiger partial charge in [0.25, 0.3) is 0 Å². The molecule has 2 nitrogen and oxygen atoms in total. The summed E-state index contributed by atoms with van der Waals surface area (Å²) in [6, 6.07) is 4.73. The molecule has 0 aliphatic carbocycles. The van der Waals surface area contributed by atoms with Gasteiger partial charge in [0.1, 0.15) is 0 Å². The van der Waals surface area contributed by atoms with Crippen molar-refractivity contribution in [1.29, 1.82) is 10.5 Å². The number of hydrogen-bond acceptors (Lipinski definition) is 2. The van der Waals surface area contributed by atoms with Gasteiger partial charge in [-0.15, -0.1) is 0 Å². The second-order valence-corrected chi connectivity index (χ2v) is 4.51. The number of nitrogens with zero attached hydrogens (tertiary/aromatic N) is 2. The largest absolute Gasteiger partial charge is 0.198 e. The van der Waals surface area contributed by atoms with Gasteiger partial charge >= 0.3 is 0 Å². The van der Waals surface area contributed by atoms with E-state index in [0.29, 0.717) is 0 Å². The highest BCUT2D eigenvalue weighted by molar-refractivity contribution is 4.87. The molecular weight excluding hydrogens is 196 g/mol. The Balaban J connectivity index is 3.80. The Hall–Kier alpha value is -1.02. The molecule has 0 heterocycles. The molecule has 2 heteroatoms. The summed E-state index contributed by atoms with van der Waals surface area (Å²) in [4.78, 5) is 0. The Morgan fingerprint density at radius 2 is 1.12 bits per heavy atom. The topological polar surface area (TPSA) is 47.6 Å². The average Bonchev–Trinajstić information content (AvgIpc) is 2.33. The summed E-state index contributed by atoms with van der Waals surface area (Å²) in [5.74, 6) is 0.329. The van der Waals surface area contributed by atoms with Crippen molar-refractivity contribution in [3.05, 3.63) is 0 Å². The van der Waals surface area contributed by atoms with Gasteiger partial charge in [0, 0.05) is 11.8 Å². The zero-order chi connectivity index (χ0) is 12.2. The Labute approximate surface area is 100 Å². The monoisotopic (exact) mass is 220 g/mol. The van der Waals surface area contributed by atoms with Crippen molar-refractivity contribution in [2.75, 3.05) is 0 Å². The lowest BCUT2D eigenvalue weighted by molar-refractivity contribution is 0.443.